The van der Waals surface area contributed by atoms with Gasteiger partial charge in [-0.1, -0.05) is 74.9 Å². The van der Waals surface area contributed by atoms with E-state index >= 15 is 0 Å². The lowest BCUT2D eigenvalue weighted by atomic mass is 9.82. The number of benzene rings is 3. The van der Waals surface area contributed by atoms with Crippen LogP contribution in [-0.2, 0) is 4.79 Å². The van der Waals surface area contributed by atoms with Crippen LogP contribution in [0.15, 0.2) is 78.9 Å². The van der Waals surface area contributed by atoms with E-state index in [-0.39, 0.29) is 23.8 Å². The fraction of sp³-hybridized carbons (Fsp3) is 0.185. The number of carbonyl (C=O) groups is 2. The summed E-state index contributed by atoms with van der Waals surface area (Å²) in [6, 6.07) is 22.4. The van der Waals surface area contributed by atoms with Crippen LogP contribution in [0.4, 0.5) is 11.4 Å². The fourth-order valence-electron chi connectivity index (χ4n) is 4.13. The molecule has 5 heteroatoms. The van der Waals surface area contributed by atoms with E-state index < -0.39 is 0 Å². The number of anilines is 2. The highest BCUT2D eigenvalue weighted by atomic mass is 16.2. The number of nitrogen functional groups attached to an aromatic ring is 1. The second-order valence-corrected chi connectivity index (χ2v) is 8.10. The molecule has 1 heterocycles. The van der Waals surface area contributed by atoms with Gasteiger partial charge in [0.1, 0.15) is 0 Å². The van der Waals surface area contributed by atoms with Crippen LogP contribution in [0.1, 0.15) is 36.2 Å². The fourth-order valence-corrected chi connectivity index (χ4v) is 4.13. The van der Waals surface area contributed by atoms with Gasteiger partial charge in [-0.3, -0.25) is 9.59 Å². The molecule has 0 saturated heterocycles. The van der Waals surface area contributed by atoms with Crippen molar-refractivity contribution in [3.05, 3.63) is 90.0 Å². The predicted molar refractivity (Wildman–Crippen MR) is 130 cm³/mol. The quantitative estimate of drug-likeness (QED) is 0.392. The molecule has 0 aliphatic carbocycles. The SMILES string of the molecule is CCC(C)C1NC(=O)c2ccccc2/C1=C/C(=O)Nc1ccccc1-c1ccccc1N. The molecule has 0 radical (unpaired) electrons. The van der Waals surface area contributed by atoms with E-state index in [0.717, 1.165) is 28.7 Å². The summed E-state index contributed by atoms with van der Waals surface area (Å²) < 4.78 is 0. The Morgan fingerprint density at radius 3 is 2.25 bits per heavy atom. The molecule has 32 heavy (non-hydrogen) atoms. The Bertz CT molecular complexity index is 1200. The van der Waals surface area contributed by atoms with Crippen molar-refractivity contribution in [2.24, 2.45) is 5.92 Å². The van der Waals surface area contributed by atoms with Gasteiger partial charge in [-0.2, -0.15) is 0 Å². The number of hydrogen-bond donors (Lipinski definition) is 3. The van der Waals surface area contributed by atoms with Crippen molar-refractivity contribution in [3.63, 3.8) is 0 Å². The minimum atomic E-state index is -0.249. The molecule has 2 atom stereocenters. The third-order valence-electron chi connectivity index (χ3n) is 6.04. The van der Waals surface area contributed by atoms with E-state index in [1.165, 1.54) is 0 Å². The minimum Gasteiger partial charge on any atom is -0.398 e. The maximum atomic E-state index is 13.2. The molecular formula is C27H27N3O2. The van der Waals surface area contributed by atoms with Crippen molar-refractivity contribution < 1.29 is 9.59 Å². The Morgan fingerprint density at radius 1 is 0.969 bits per heavy atom. The van der Waals surface area contributed by atoms with E-state index in [0.29, 0.717) is 16.9 Å². The van der Waals surface area contributed by atoms with Gasteiger partial charge in [-0.25, -0.2) is 0 Å². The van der Waals surface area contributed by atoms with E-state index in [2.05, 4.69) is 24.5 Å². The number of hydrogen-bond acceptors (Lipinski definition) is 3. The molecule has 0 bridgehead atoms. The number of fused-ring (bicyclic) bond motifs is 1. The third kappa shape index (κ3) is 4.14. The molecule has 2 unspecified atom stereocenters. The highest BCUT2D eigenvalue weighted by Crippen LogP contribution is 2.34. The lowest BCUT2D eigenvalue weighted by molar-refractivity contribution is -0.111. The molecule has 1 aliphatic heterocycles. The van der Waals surface area contributed by atoms with E-state index in [1.807, 2.05) is 66.7 Å². The topological polar surface area (TPSA) is 84.2 Å². The molecule has 3 aromatic carbocycles. The Balaban J connectivity index is 1.71. The Labute approximate surface area is 188 Å². The van der Waals surface area contributed by atoms with Crippen LogP contribution in [0, 0.1) is 5.92 Å². The van der Waals surface area contributed by atoms with Gasteiger partial charge in [0.05, 0.1) is 6.04 Å². The first-order valence-corrected chi connectivity index (χ1v) is 10.9. The van der Waals surface area contributed by atoms with Gasteiger partial charge in [0, 0.05) is 34.1 Å². The molecule has 4 N–H and O–H groups in total. The normalized spacial score (nSPS) is 17.4. The van der Waals surface area contributed by atoms with Crippen molar-refractivity contribution in [3.8, 4) is 11.1 Å². The Hall–Kier alpha value is -3.86. The van der Waals surface area contributed by atoms with Crippen LogP contribution in [0.5, 0.6) is 0 Å². The molecule has 3 aromatic rings. The number of amides is 2. The van der Waals surface area contributed by atoms with Crippen LogP contribution in [0.2, 0.25) is 0 Å². The largest absolute Gasteiger partial charge is 0.398 e. The molecule has 5 nitrogen and oxygen atoms in total. The molecule has 0 fully saturated rings. The molecule has 4 rings (SSSR count). The zero-order valence-corrected chi connectivity index (χ0v) is 18.3. The van der Waals surface area contributed by atoms with Gasteiger partial charge in [0.15, 0.2) is 0 Å². The summed E-state index contributed by atoms with van der Waals surface area (Å²) in [5, 5.41) is 6.10. The number of nitrogens with one attached hydrogen (secondary N) is 2. The first kappa shape index (κ1) is 21.4. The van der Waals surface area contributed by atoms with E-state index in [1.54, 1.807) is 12.1 Å². The second-order valence-electron chi connectivity index (χ2n) is 8.10. The molecule has 162 valence electrons. The first-order valence-electron chi connectivity index (χ1n) is 10.9. The van der Waals surface area contributed by atoms with Crippen molar-refractivity contribution in [1.29, 1.82) is 0 Å². The van der Waals surface area contributed by atoms with Gasteiger partial charge in [-0.15, -0.1) is 0 Å². The average molecular weight is 426 g/mol. The standard InChI is InChI=1S/C27H27N3O2/c1-3-17(2)26-22(18-10-4-5-13-21(18)27(32)30-26)16-25(31)29-24-15-9-7-12-20(24)19-11-6-8-14-23(19)28/h4-17,26H,3,28H2,1-2H3,(H,29,31)(H,30,32)/b22-16-. The molecular weight excluding hydrogens is 398 g/mol. The van der Waals surface area contributed by atoms with E-state index in [9.17, 15) is 9.59 Å². The lowest BCUT2D eigenvalue weighted by Crippen LogP contribution is -2.44. The van der Waals surface area contributed by atoms with Crippen LogP contribution in [0.25, 0.3) is 16.7 Å². The zero-order valence-electron chi connectivity index (χ0n) is 18.3. The summed E-state index contributed by atoms with van der Waals surface area (Å²) in [7, 11) is 0. The van der Waals surface area contributed by atoms with Gasteiger partial charge in [0.2, 0.25) is 5.91 Å². The summed E-state index contributed by atoms with van der Waals surface area (Å²) in [6.45, 7) is 4.16. The van der Waals surface area contributed by atoms with Gasteiger partial charge in [-0.05, 0) is 35.3 Å². The van der Waals surface area contributed by atoms with Crippen LogP contribution < -0.4 is 16.4 Å². The highest BCUT2D eigenvalue weighted by Gasteiger charge is 2.31. The van der Waals surface area contributed by atoms with Crippen LogP contribution in [0.3, 0.4) is 0 Å². The lowest BCUT2D eigenvalue weighted by Gasteiger charge is -2.32. The van der Waals surface area contributed by atoms with Gasteiger partial charge < -0.3 is 16.4 Å². The smallest absolute Gasteiger partial charge is 0.252 e. The van der Waals surface area contributed by atoms with Crippen LogP contribution >= 0.6 is 0 Å². The van der Waals surface area contributed by atoms with Crippen molar-refractivity contribution in [2.75, 3.05) is 11.1 Å². The maximum absolute atomic E-state index is 13.2. The monoisotopic (exact) mass is 425 g/mol. The van der Waals surface area contributed by atoms with Crippen LogP contribution in [-0.4, -0.2) is 17.9 Å². The Kier molecular flexibility index (Phi) is 6.08. The molecule has 0 aromatic heterocycles. The van der Waals surface area contributed by atoms with Crippen molar-refractivity contribution in [1.82, 2.24) is 5.32 Å². The number of nitrogens with two attached hydrogens (primary N) is 1. The van der Waals surface area contributed by atoms with Crippen molar-refractivity contribution in [2.45, 2.75) is 26.3 Å². The zero-order chi connectivity index (χ0) is 22.7. The molecule has 0 saturated carbocycles. The predicted octanol–water partition coefficient (Wildman–Crippen LogP) is 5.12. The number of rotatable bonds is 5. The van der Waals surface area contributed by atoms with Crippen molar-refractivity contribution >= 4 is 28.8 Å². The maximum Gasteiger partial charge on any atom is 0.252 e. The minimum absolute atomic E-state index is 0.103. The van der Waals surface area contributed by atoms with Gasteiger partial charge in [0.25, 0.3) is 5.91 Å². The summed E-state index contributed by atoms with van der Waals surface area (Å²) in [6.07, 6.45) is 2.49. The number of para-hydroxylation sites is 2. The summed E-state index contributed by atoms with van der Waals surface area (Å²) in [5.41, 5.74) is 11.4. The summed E-state index contributed by atoms with van der Waals surface area (Å²) >= 11 is 0. The average Bonchev–Trinajstić information content (AvgIpc) is 2.81. The summed E-state index contributed by atoms with van der Waals surface area (Å²) in [4.78, 5) is 25.8. The highest BCUT2D eigenvalue weighted by molar-refractivity contribution is 6.11. The third-order valence-corrected chi connectivity index (χ3v) is 6.04. The van der Waals surface area contributed by atoms with E-state index in [4.69, 9.17) is 5.73 Å². The summed E-state index contributed by atoms with van der Waals surface area (Å²) in [5.74, 6) is -0.169. The molecule has 2 amide bonds. The molecule has 0 spiro atoms. The molecule has 1 aliphatic rings. The Morgan fingerprint density at radius 2 is 1.56 bits per heavy atom. The van der Waals surface area contributed by atoms with Gasteiger partial charge >= 0.3 is 0 Å². The second kappa shape index (κ2) is 9.10. The number of carbonyl (C=O) groups excluding carboxylic acids is 2. The first-order chi connectivity index (χ1) is 15.5.